The minimum Gasteiger partial charge on any atom is -0.398 e. The maximum Gasteiger partial charge on any atom is 0.214 e. The molecule has 0 bridgehead atoms. The zero-order valence-electron chi connectivity index (χ0n) is 7.61. The molecule has 0 unspecified atom stereocenters. The summed E-state index contributed by atoms with van der Waals surface area (Å²) in [6.45, 7) is 0. The van der Waals surface area contributed by atoms with Gasteiger partial charge in [-0.15, -0.1) is 11.3 Å². The fourth-order valence-electron chi connectivity index (χ4n) is 1.20. The van der Waals surface area contributed by atoms with Crippen molar-refractivity contribution in [3.8, 4) is 0 Å². The molecule has 0 atom stereocenters. The number of ketones is 1. The molecule has 2 rings (SSSR count). The van der Waals surface area contributed by atoms with E-state index in [4.69, 9.17) is 5.73 Å². The topological polar surface area (TPSA) is 56.0 Å². The maximum atomic E-state index is 11.9. The fourth-order valence-corrected chi connectivity index (χ4v) is 2.11. The quantitative estimate of drug-likeness (QED) is 0.681. The molecule has 0 aliphatic heterocycles. The molecule has 2 aromatic rings. The number of carbonyl (C=O) groups is 1. The molecule has 0 fully saturated rings. The Bertz CT molecular complexity index is 496. The third kappa shape index (κ3) is 2.08. The molecule has 1 heterocycles. The maximum absolute atomic E-state index is 11.9. The predicted molar refractivity (Wildman–Crippen MR) is 64.1 cm³/mol. The zero-order chi connectivity index (χ0) is 10.8. The Morgan fingerprint density at radius 3 is 2.87 bits per heavy atom. The zero-order valence-corrected chi connectivity index (χ0v) is 10.0. The van der Waals surface area contributed by atoms with Crippen LogP contribution in [0.25, 0.3) is 0 Å². The van der Waals surface area contributed by atoms with Gasteiger partial charge in [0.05, 0.1) is 5.51 Å². The van der Waals surface area contributed by atoms with Crippen LogP contribution in [-0.2, 0) is 0 Å². The largest absolute Gasteiger partial charge is 0.398 e. The van der Waals surface area contributed by atoms with E-state index in [2.05, 4.69) is 20.9 Å². The molecule has 0 radical (unpaired) electrons. The number of nitrogen functional groups attached to an aromatic ring is 1. The number of hydrogen-bond acceptors (Lipinski definition) is 4. The number of rotatable bonds is 2. The standard InChI is InChI=1S/C10H7BrN2OS/c11-6-1-2-7(8(12)3-6)10(14)9-4-15-5-13-9/h1-5H,12H2. The van der Waals surface area contributed by atoms with Gasteiger partial charge in [0.2, 0.25) is 5.78 Å². The van der Waals surface area contributed by atoms with Gasteiger partial charge in [-0.05, 0) is 18.2 Å². The van der Waals surface area contributed by atoms with Crippen molar-refractivity contribution in [1.82, 2.24) is 4.98 Å². The Kier molecular flexibility index (Phi) is 2.83. The van der Waals surface area contributed by atoms with E-state index in [0.717, 1.165) is 4.47 Å². The number of anilines is 1. The smallest absolute Gasteiger partial charge is 0.214 e. The summed E-state index contributed by atoms with van der Waals surface area (Å²) >= 11 is 4.68. The van der Waals surface area contributed by atoms with Crippen molar-refractivity contribution < 1.29 is 4.79 Å². The molecular formula is C10H7BrN2OS. The van der Waals surface area contributed by atoms with Crippen molar-refractivity contribution in [2.45, 2.75) is 0 Å². The summed E-state index contributed by atoms with van der Waals surface area (Å²) in [4.78, 5) is 15.8. The molecular weight excluding hydrogens is 276 g/mol. The highest BCUT2D eigenvalue weighted by atomic mass is 79.9. The lowest BCUT2D eigenvalue weighted by atomic mass is 10.1. The molecule has 5 heteroatoms. The third-order valence-corrected chi connectivity index (χ3v) is 3.00. The Morgan fingerprint density at radius 1 is 1.47 bits per heavy atom. The molecule has 0 saturated heterocycles. The van der Waals surface area contributed by atoms with E-state index in [1.54, 1.807) is 29.1 Å². The Morgan fingerprint density at radius 2 is 2.27 bits per heavy atom. The predicted octanol–water partition coefficient (Wildman–Crippen LogP) is 2.72. The number of nitrogens with two attached hydrogens (primary N) is 1. The summed E-state index contributed by atoms with van der Waals surface area (Å²) in [5, 5.41) is 1.71. The van der Waals surface area contributed by atoms with Crippen LogP contribution in [0.1, 0.15) is 16.1 Å². The molecule has 1 aromatic carbocycles. The van der Waals surface area contributed by atoms with Crippen LogP contribution in [0.5, 0.6) is 0 Å². The first kappa shape index (κ1) is 10.3. The molecule has 0 aliphatic carbocycles. The van der Waals surface area contributed by atoms with Crippen molar-refractivity contribution >= 4 is 38.7 Å². The Hall–Kier alpha value is -1.20. The summed E-state index contributed by atoms with van der Waals surface area (Å²) in [5.74, 6) is -0.138. The van der Waals surface area contributed by atoms with Gasteiger partial charge in [-0.1, -0.05) is 15.9 Å². The number of aromatic nitrogens is 1. The summed E-state index contributed by atoms with van der Waals surface area (Å²) in [5.41, 5.74) is 8.77. The van der Waals surface area contributed by atoms with Crippen molar-refractivity contribution in [1.29, 1.82) is 0 Å². The SMILES string of the molecule is Nc1cc(Br)ccc1C(=O)c1cscn1. The first-order chi connectivity index (χ1) is 7.18. The first-order valence-corrected chi connectivity index (χ1v) is 5.90. The first-order valence-electron chi connectivity index (χ1n) is 4.16. The minimum atomic E-state index is -0.138. The van der Waals surface area contributed by atoms with E-state index in [0.29, 0.717) is 16.9 Å². The van der Waals surface area contributed by atoms with Gasteiger partial charge in [-0.25, -0.2) is 4.98 Å². The Balaban J connectivity index is 2.42. The van der Waals surface area contributed by atoms with Gasteiger partial charge in [0.1, 0.15) is 5.69 Å². The van der Waals surface area contributed by atoms with E-state index in [9.17, 15) is 4.79 Å². The lowest BCUT2D eigenvalue weighted by Gasteiger charge is -2.02. The number of hydrogen-bond donors (Lipinski definition) is 1. The van der Waals surface area contributed by atoms with Gasteiger partial charge < -0.3 is 5.73 Å². The van der Waals surface area contributed by atoms with E-state index >= 15 is 0 Å². The number of nitrogens with zero attached hydrogens (tertiary/aromatic N) is 1. The summed E-state index contributed by atoms with van der Waals surface area (Å²) in [7, 11) is 0. The molecule has 15 heavy (non-hydrogen) atoms. The van der Waals surface area contributed by atoms with Crippen LogP contribution in [0.3, 0.4) is 0 Å². The number of halogens is 1. The van der Waals surface area contributed by atoms with Crippen LogP contribution in [0.4, 0.5) is 5.69 Å². The van der Waals surface area contributed by atoms with Crippen LogP contribution in [0.15, 0.2) is 33.6 Å². The molecule has 2 N–H and O–H groups in total. The van der Waals surface area contributed by atoms with Gasteiger partial charge in [-0.2, -0.15) is 0 Å². The normalized spacial score (nSPS) is 10.2. The van der Waals surface area contributed by atoms with Crippen molar-refractivity contribution in [2.24, 2.45) is 0 Å². The summed E-state index contributed by atoms with van der Waals surface area (Å²) in [6, 6.07) is 5.19. The lowest BCUT2D eigenvalue weighted by molar-refractivity contribution is 0.103. The van der Waals surface area contributed by atoms with Crippen LogP contribution >= 0.6 is 27.3 Å². The van der Waals surface area contributed by atoms with Crippen LogP contribution in [0, 0.1) is 0 Å². The second kappa shape index (κ2) is 4.12. The third-order valence-electron chi connectivity index (χ3n) is 1.92. The molecule has 0 amide bonds. The van der Waals surface area contributed by atoms with Crippen molar-refractivity contribution in [2.75, 3.05) is 5.73 Å². The summed E-state index contributed by atoms with van der Waals surface area (Å²) in [6.07, 6.45) is 0. The molecule has 1 aromatic heterocycles. The monoisotopic (exact) mass is 282 g/mol. The second-order valence-electron chi connectivity index (χ2n) is 2.93. The molecule has 0 saturated carbocycles. The van der Waals surface area contributed by atoms with Gasteiger partial charge in [0.15, 0.2) is 0 Å². The van der Waals surface area contributed by atoms with Crippen molar-refractivity contribution in [3.05, 3.63) is 44.8 Å². The van der Waals surface area contributed by atoms with Crippen LogP contribution < -0.4 is 5.73 Å². The lowest BCUT2D eigenvalue weighted by Crippen LogP contribution is -2.05. The highest BCUT2D eigenvalue weighted by Crippen LogP contribution is 2.21. The second-order valence-corrected chi connectivity index (χ2v) is 4.57. The Labute approximate surface area is 99.1 Å². The number of thiazole rings is 1. The molecule has 0 spiro atoms. The van der Waals surface area contributed by atoms with Crippen LogP contribution in [0.2, 0.25) is 0 Å². The number of carbonyl (C=O) groups excluding carboxylic acids is 1. The van der Waals surface area contributed by atoms with Gasteiger partial charge in [-0.3, -0.25) is 4.79 Å². The van der Waals surface area contributed by atoms with E-state index in [1.807, 2.05) is 0 Å². The average molecular weight is 283 g/mol. The van der Waals surface area contributed by atoms with Gasteiger partial charge >= 0.3 is 0 Å². The van der Waals surface area contributed by atoms with E-state index in [-0.39, 0.29) is 5.78 Å². The van der Waals surface area contributed by atoms with Gasteiger partial charge in [0, 0.05) is 21.1 Å². The molecule has 3 nitrogen and oxygen atoms in total. The average Bonchev–Trinajstić information content (AvgIpc) is 2.69. The summed E-state index contributed by atoms with van der Waals surface area (Å²) < 4.78 is 0.856. The number of benzene rings is 1. The van der Waals surface area contributed by atoms with Crippen molar-refractivity contribution in [3.63, 3.8) is 0 Å². The highest BCUT2D eigenvalue weighted by Gasteiger charge is 2.13. The minimum absolute atomic E-state index is 0.138. The van der Waals surface area contributed by atoms with E-state index in [1.165, 1.54) is 11.3 Å². The van der Waals surface area contributed by atoms with Crippen LogP contribution in [-0.4, -0.2) is 10.8 Å². The molecule has 0 aliphatic rings. The van der Waals surface area contributed by atoms with Gasteiger partial charge in [0.25, 0.3) is 0 Å². The molecule has 76 valence electrons. The van der Waals surface area contributed by atoms with E-state index < -0.39 is 0 Å². The highest BCUT2D eigenvalue weighted by molar-refractivity contribution is 9.10. The fraction of sp³-hybridized carbons (Fsp3) is 0.